The molecule has 0 aliphatic carbocycles. The zero-order valence-electron chi connectivity index (χ0n) is 8.13. The van der Waals surface area contributed by atoms with Crippen LogP contribution in [0.5, 0.6) is 0 Å². The summed E-state index contributed by atoms with van der Waals surface area (Å²) in [6.07, 6.45) is 2.27. The molecular weight excluding hydrogens is 216 g/mol. The Bertz CT molecular complexity index is 328. The molecule has 1 aromatic rings. The number of carbonyl (C=O) groups is 1. The summed E-state index contributed by atoms with van der Waals surface area (Å²) >= 11 is 1.47. The fraction of sp³-hybridized carbons (Fsp3) is 0.556. The first-order valence-corrected chi connectivity index (χ1v) is 5.51. The van der Waals surface area contributed by atoms with Gasteiger partial charge < -0.3 is 14.7 Å². The zero-order valence-corrected chi connectivity index (χ0v) is 8.94. The molecule has 82 valence electrons. The summed E-state index contributed by atoms with van der Waals surface area (Å²) in [5.41, 5.74) is 0. The highest BCUT2D eigenvalue weighted by Gasteiger charge is 2.28. The quantitative estimate of drug-likeness (QED) is 0.768. The molecule has 1 unspecified atom stereocenters. The maximum Gasteiger partial charge on any atom is 0.411 e. The highest BCUT2D eigenvalue weighted by Crippen LogP contribution is 2.29. The van der Waals surface area contributed by atoms with Gasteiger partial charge in [0.1, 0.15) is 0 Å². The summed E-state index contributed by atoms with van der Waals surface area (Å²) in [4.78, 5) is 14.1. The predicted octanol–water partition coefficient (Wildman–Crippen LogP) is 1.02. The van der Waals surface area contributed by atoms with E-state index in [2.05, 4.69) is 9.11 Å². The fourth-order valence-electron chi connectivity index (χ4n) is 1.74. The Hall–Kier alpha value is -1.14. The molecule has 15 heavy (non-hydrogen) atoms. The molecule has 0 saturated carbocycles. The Morgan fingerprint density at radius 3 is 3.33 bits per heavy atom. The largest absolute Gasteiger partial charge is 0.422 e. The van der Waals surface area contributed by atoms with Crippen molar-refractivity contribution in [1.29, 1.82) is 0 Å². The summed E-state index contributed by atoms with van der Waals surface area (Å²) in [6, 6.07) is 1.98. The number of likely N-dealkylation sites (tertiary alicyclic amines) is 1. The van der Waals surface area contributed by atoms with Crippen LogP contribution in [0.15, 0.2) is 12.3 Å². The lowest BCUT2D eigenvalue weighted by Crippen LogP contribution is -2.29. The third-order valence-corrected chi connectivity index (χ3v) is 3.40. The first-order valence-electron chi connectivity index (χ1n) is 4.74. The number of aliphatic hydroxyl groups excluding tert-OH is 1. The smallest absolute Gasteiger partial charge is 0.411 e. The van der Waals surface area contributed by atoms with Gasteiger partial charge in [-0.1, -0.05) is 0 Å². The van der Waals surface area contributed by atoms with Gasteiger partial charge in [-0.05, 0) is 24.0 Å². The van der Waals surface area contributed by atoms with Gasteiger partial charge in [0, 0.05) is 30.1 Å². The lowest BCUT2D eigenvalue weighted by Gasteiger charge is -2.14. The number of ether oxygens (including phenoxy) is 1. The van der Waals surface area contributed by atoms with Crippen LogP contribution in [0.4, 0.5) is 4.79 Å². The summed E-state index contributed by atoms with van der Waals surface area (Å²) in [5, 5.41) is 8.47. The van der Waals surface area contributed by atoms with Crippen LogP contribution in [-0.2, 0) is 4.74 Å². The Labute approximate surface area is 91.4 Å². The first kappa shape index (κ1) is 10.4. The predicted molar refractivity (Wildman–Crippen MR) is 54.6 cm³/mol. The normalized spacial score (nSPS) is 20.6. The standard InChI is InChI=1S/C9H12N2O3S/c12-6-14-9(13)11-4-2-7(5-11)8-1-3-10-15-8/h1,3,7,12H,2,4-6H2. The molecule has 6 heteroatoms. The van der Waals surface area contributed by atoms with Crippen molar-refractivity contribution in [1.82, 2.24) is 9.27 Å². The minimum Gasteiger partial charge on any atom is -0.422 e. The van der Waals surface area contributed by atoms with Gasteiger partial charge in [0.15, 0.2) is 6.79 Å². The third-order valence-electron chi connectivity index (χ3n) is 2.49. The van der Waals surface area contributed by atoms with E-state index in [0.717, 1.165) is 6.42 Å². The van der Waals surface area contributed by atoms with Crippen molar-refractivity contribution in [3.05, 3.63) is 17.1 Å². The summed E-state index contributed by atoms with van der Waals surface area (Å²) < 4.78 is 8.56. The van der Waals surface area contributed by atoms with E-state index in [1.165, 1.54) is 16.4 Å². The van der Waals surface area contributed by atoms with Crippen LogP contribution in [0.25, 0.3) is 0 Å². The lowest BCUT2D eigenvalue weighted by molar-refractivity contribution is 0.0256. The summed E-state index contributed by atoms with van der Waals surface area (Å²) in [7, 11) is 0. The van der Waals surface area contributed by atoms with Gasteiger partial charge in [-0.3, -0.25) is 0 Å². The second-order valence-corrected chi connectivity index (χ2v) is 4.25. The van der Waals surface area contributed by atoms with Crippen LogP contribution in [0.3, 0.4) is 0 Å². The highest BCUT2D eigenvalue weighted by molar-refractivity contribution is 7.05. The van der Waals surface area contributed by atoms with Gasteiger partial charge in [0.2, 0.25) is 0 Å². The van der Waals surface area contributed by atoms with Crippen LogP contribution >= 0.6 is 11.5 Å². The van der Waals surface area contributed by atoms with E-state index in [4.69, 9.17) is 5.11 Å². The van der Waals surface area contributed by atoms with Gasteiger partial charge >= 0.3 is 6.09 Å². The van der Waals surface area contributed by atoms with Crippen molar-refractivity contribution in [2.75, 3.05) is 19.9 Å². The molecule has 1 aliphatic rings. The molecule has 1 atom stereocenters. The molecule has 1 saturated heterocycles. The van der Waals surface area contributed by atoms with Crippen molar-refractivity contribution in [2.24, 2.45) is 0 Å². The zero-order chi connectivity index (χ0) is 10.7. The molecule has 1 aromatic heterocycles. The van der Waals surface area contributed by atoms with E-state index in [-0.39, 0.29) is 0 Å². The maximum absolute atomic E-state index is 11.3. The summed E-state index contributed by atoms with van der Waals surface area (Å²) in [5.74, 6) is 0.365. The van der Waals surface area contributed by atoms with Gasteiger partial charge in [-0.2, -0.15) is 0 Å². The molecule has 2 heterocycles. The van der Waals surface area contributed by atoms with Crippen molar-refractivity contribution in [3.63, 3.8) is 0 Å². The Morgan fingerprint density at radius 2 is 2.67 bits per heavy atom. The van der Waals surface area contributed by atoms with Crippen LogP contribution in [0, 0.1) is 0 Å². The number of amides is 1. The maximum atomic E-state index is 11.3. The molecule has 0 spiro atoms. The molecule has 0 radical (unpaired) electrons. The highest BCUT2D eigenvalue weighted by atomic mass is 32.1. The average molecular weight is 228 g/mol. The number of rotatable bonds is 2. The average Bonchev–Trinajstić information content (AvgIpc) is 2.89. The number of hydrogen-bond acceptors (Lipinski definition) is 5. The fourth-order valence-corrected chi connectivity index (χ4v) is 2.45. The van der Waals surface area contributed by atoms with Crippen molar-refractivity contribution in [3.8, 4) is 0 Å². The molecule has 1 N–H and O–H groups in total. The van der Waals surface area contributed by atoms with Gasteiger partial charge in [-0.15, -0.1) is 0 Å². The first-order chi connectivity index (χ1) is 7.31. The SMILES string of the molecule is O=C(OCO)N1CCC(c2ccns2)C1. The Morgan fingerprint density at radius 1 is 1.80 bits per heavy atom. The van der Waals surface area contributed by atoms with Gasteiger partial charge in [-0.25, -0.2) is 9.17 Å². The molecule has 1 amide bonds. The molecule has 0 bridgehead atoms. The van der Waals surface area contributed by atoms with Crippen LogP contribution in [0.1, 0.15) is 17.2 Å². The second-order valence-electron chi connectivity index (χ2n) is 3.39. The number of hydrogen-bond donors (Lipinski definition) is 1. The molecule has 1 fully saturated rings. The second kappa shape index (κ2) is 4.59. The Balaban J connectivity index is 1.92. The topological polar surface area (TPSA) is 62.7 Å². The van der Waals surface area contributed by atoms with Crippen molar-refractivity contribution < 1.29 is 14.6 Å². The molecule has 0 aromatic carbocycles. The van der Waals surface area contributed by atoms with Gasteiger partial charge in [0.05, 0.1) is 0 Å². The number of aliphatic hydroxyl groups is 1. The number of nitrogens with zero attached hydrogens (tertiary/aromatic N) is 2. The lowest BCUT2D eigenvalue weighted by atomic mass is 10.1. The van der Waals surface area contributed by atoms with Gasteiger partial charge in [0.25, 0.3) is 0 Å². The molecule has 5 nitrogen and oxygen atoms in total. The van der Waals surface area contributed by atoms with Crippen molar-refractivity contribution >= 4 is 17.6 Å². The molecule has 1 aliphatic heterocycles. The van der Waals surface area contributed by atoms with E-state index in [1.54, 1.807) is 11.1 Å². The van der Waals surface area contributed by atoms with Crippen LogP contribution < -0.4 is 0 Å². The van der Waals surface area contributed by atoms with E-state index in [1.807, 2.05) is 6.07 Å². The Kier molecular flexibility index (Phi) is 3.17. The molecular formula is C9H12N2O3S. The third kappa shape index (κ3) is 2.27. The van der Waals surface area contributed by atoms with E-state index >= 15 is 0 Å². The van der Waals surface area contributed by atoms with Crippen LogP contribution in [-0.4, -0.2) is 40.4 Å². The van der Waals surface area contributed by atoms with Crippen molar-refractivity contribution in [2.45, 2.75) is 12.3 Å². The van der Waals surface area contributed by atoms with E-state index in [0.29, 0.717) is 19.0 Å². The monoisotopic (exact) mass is 228 g/mol. The van der Waals surface area contributed by atoms with E-state index < -0.39 is 12.9 Å². The minimum absolute atomic E-state index is 0.365. The number of carbonyl (C=O) groups excluding carboxylic acids is 1. The van der Waals surface area contributed by atoms with Crippen LogP contribution in [0.2, 0.25) is 0 Å². The molecule has 2 rings (SSSR count). The minimum atomic E-state index is -0.555. The summed E-state index contributed by atoms with van der Waals surface area (Å²) in [6.45, 7) is 0.781. The number of aromatic nitrogens is 1. The van der Waals surface area contributed by atoms with E-state index in [9.17, 15) is 4.79 Å².